The Morgan fingerprint density at radius 1 is 1.32 bits per heavy atom. The number of halogens is 2. The fourth-order valence-corrected chi connectivity index (χ4v) is 3.16. The Hall–Kier alpha value is -0.760. The molecule has 0 heterocycles. The van der Waals surface area contributed by atoms with E-state index in [4.69, 9.17) is 11.0 Å². The van der Waals surface area contributed by atoms with Crippen LogP contribution in [0.15, 0.2) is 16.6 Å². The van der Waals surface area contributed by atoms with Crippen LogP contribution in [0.4, 0.5) is 0 Å². The topological polar surface area (TPSA) is 70.0 Å². The minimum absolute atomic E-state index is 0. The molecule has 0 spiro atoms. The molecule has 1 aliphatic rings. The van der Waals surface area contributed by atoms with E-state index in [1.165, 1.54) is 19.3 Å². The largest absolute Gasteiger partial charge is 0.506 e. The smallest absolute Gasteiger partial charge is 0.134 e. The lowest BCUT2D eigenvalue weighted by Crippen LogP contribution is -2.23. The van der Waals surface area contributed by atoms with Crippen molar-refractivity contribution < 1.29 is 5.11 Å². The molecule has 0 radical (unpaired) electrons. The van der Waals surface area contributed by atoms with Crippen molar-refractivity contribution in [2.45, 2.75) is 38.1 Å². The third-order valence-electron chi connectivity index (χ3n) is 3.74. The van der Waals surface area contributed by atoms with Crippen LogP contribution < -0.4 is 5.73 Å². The number of benzene rings is 1. The molecular weight excluding hydrogens is 328 g/mol. The second-order valence-electron chi connectivity index (χ2n) is 4.93. The lowest BCUT2D eigenvalue weighted by Gasteiger charge is -2.28. The van der Waals surface area contributed by atoms with E-state index >= 15 is 0 Å². The van der Waals surface area contributed by atoms with Crippen molar-refractivity contribution >= 4 is 28.3 Å². The highest BCUT2D eigenvalue weighted by Crippen LogP contribution is 2.39. The van der Waals surface area contributed by atoms with E-state index in [2.05, 4.69) is 22.0 Å². The van der Waals surface area contributed by atoms with Crippen LogP contribution in [0.2, 0.25) is 0 Å². The van der Waals surface area contributed by atoms with Gasteiger partial charge in [0.1, 0.15) is 5.75 Å². The SMILES string of the molecule is Cl.N#Cc1cc(Br)c(O)c([C@@H](N)C2CCCCC2)c1. The van der Waals surface area contributed by atoms with Gasteiger partial charge in [0.15, 0.2) is 0 Å². The van der Waals surface area contributed by atoms with Crippen molar-refractivity contribution in [2.75, 3.05) is 0 Å². The number of hydrogen-bond acceptors (Lipinski definition) is 3. The van der Waals surface area contributed by atoms with Gasteiger partial charge in [0.25, 0.3) is 0 Å². The van der Waals surface area contributed by atoms with Gasteiger partial charge in [-0.25, -0.2) is 0 Å². The van der Waals surface area contributed by atoms with E-state index in [0.29, 0.717) is 21.5 Å². The van der Waals surface area contributed by atoms with Crippen molar-refractivity contribution in [2.24, 2.45) is 11.7 Å². The maximum atomic E-state index is 10.1. The number of nitriles is 1. The van der Waals surface area contributed by atoms with Gasteiger partial charge >= 0.3 is 0 Å². The molecule has 1 aromatic carbocycles. The maximum absolute atomic E-state index is 10.1. The van der Waals surface area contributed by atoms with E-state index in [1.807, 2.05) is 0 Å². The molecule has 1 fully saturated rings. The first kappa shape index (κ1) is 16.3. The molecule has 1 saturated carbocycles. The normalized spacial score (nSPS) is 17.3. The first-order valence-corrected chi connectivity index (χ1v) is 7.11. The summed E-state index contributed by atoms with van der Waals surface area (Å²) in [7, 11) is 0. The van der Waals surface area contributed by atoms with Crippen LogP contribution in [0.25, 0.3) is 0 Å². The third kappa shape index (κ3) is 3.62. The average molecular weight is 346 g/mol. The molecule has 0 amide bonds. The van der Waals surface area contributed by atoms with E-state index in [1.54, 1.807) is 12.1 Å². The summed E-state index contributed by atoms with van der Waals surface area (Å²) in [5.41, 5.74) is 7.49. The Labute approximate surface area is 128 Å². The van der Waals surface area contributed by atoms with Crippen LogP contribution >= 0.6 is 28.3 Å². The Morgan fingerprint density at radius 2 is 1.95 bits per heavy atom. The molecule has 1 atom stereocenters. The van der Waals surface area contributed by atoms with Crippen LogP contribution in [0.5, 0.6) is 5.75 Å². The van der Waals surface area contributed by atoms with Gasteiger partial charge < -0.3 is 10.8 Å². The van der Waals surface area contributed by atoms with Gasteiger partial charge in [-0.2, -0.15) is 5.26 Å². The zero-order valence-corrected chi connectivity index (χ0v) is 13.0. The van der Waals surface area contributed by atoms with Gasteiger partial charge in [0.2, 0.25) is 0 Å². The van der Waals surface area contributed by atoms with Gasteiger partial charge in [-0.05, 0) is 46.8 Å². The molecule has 0 bridgehead atoms. The quantitative estimate of drug-likeness (QED) is 0.850. The maximum Gasteiger partial charge on any atom is 0.134 e. The minimum atomic E-state index is -0.185. The van der Waals surface area contributed by atoms with Crippen molar-refractivity contribution in [3.8, 4) is 11.8 Å². The highest BCUT2D eigenvalue weighted by molar-refractivity contribution is 9.10. The van der Waals surface area contributed by atoms with Crippen molar-refractivity contribution in [3.05, 3.63) is 27.7 Å². The second-order valence-corrected chi connectivity index (χ2v) is 5.79. The van der Waals surface area contributed by atoms with E-state index in [-0.39, 0.29) is 24.2 Å². The van der Waals surface area contributed by atoms with Gasteiger partial charge in [-0.1, -0.05) is 19.3 Å². The molecule has 1 aliphatic carbocycles. The number of nitrogens with zero attached hydrogens (tertiary/aromatic N) is 1. The fourth-order valence-electron chi connectivity index (χ4n) is 2.69. The Morgan fingerprint density at radius 3 is 2.53 bits per heavy atom. The Kier molecular flexibility index (Phi) is 6.12. The lowest BCUT2D eigenvalue weighted by atomic mass is 9.81. The van der Waals surface area contributed by atoms with E-state index in [9.17, 15) is 5.11 Å². The number of hydrogen-bond donors (Lipinski definition) is 2. The molecule has 3 nitrogen and oxygen atoms in total. The predicted molar refractivity (Wildman–Crippen MR) is 81.3 cm³/mol. The van der Waals surface area contributed by atoms with Crippen molar-refractivity contribution in [3.63, 3.8) is 0 Å². The van der Waals surface area contributed by atoms with Gasteiger partial charge in [0.05, 0.1) is 16.1 Å². The molecule has 0 aliphatic heterocycles. The van der Waals surface area contributed by atoms with Crippen molar-refractivity contribution in [1.82, 2.24) is 0 Å². The molecular formula is C14H18BrClN2O. The molecule has 0 unspecified atom stereocenters. The minimum Gasteiger partial charge on any atom is -0.506 e. The van der Waals surface area contributed by atoms with Gasteiger partial charge in [-0.3, -0.25) is 0 Å². The molecule has 0 saturated heterocycles. The van der Waals surface area contributed by atoms with E-state index < -0.39 is 0 Å². The summed E-state index contributed by atoms with van der Waals surface area (Å²) >= 11 is 3.27. The molecule has 2 rings (SSSR count). The first-order chi connectivity index (χ1) is 8.63. The van der Waals surface area contributed by atoms with Gasteiger partial charge in [-0.15, -0.1) is 12.4 Å². The predicted octanol–water partition coefficient (Wildman–Crippen LogP) is 4.03. The molecule has 3 N–H and O–H groups in total. The molecule has 5 heteroatoms. The standard InChI is InChI=1S/C14H17BrN2O.ClH/c15-12-7-9(8-16)6-11(14(12)18)13(17)10-4-2-1-3-5-10;/h6-7,10,13,18H,1-5,17H2;1H/t13-;/m0./s1. The van der Waals surface area contributed by atoms with Crippen LogP contribution in [0.3, 0.4) is 0 Å². The van der Waals surface area contributed by atoms with Gasteiger partial charge in [0, 0.05) is 11.6 Å². The zero-order chi connectivity index (χ0) is 13.1. The highest BCUT2D eigenvalue weighted by atomic mass is 79.9. The number of phenols is 1. The lowest BCUT2D eigenvalue weighted by molar-refractivity contribution is 0.303. The zero-order valence-electron chi connectivity index (χ0n) is 10.6. The van der Waals surface area contributed by atoms with Crippen LogP contribution in [-0.4, -0.2) is 5.11 Å². The van der Waals surface area contributed by atoms with Crippen molar-refractivity contribution in [1.29, 1.82) is 5.26 Å². The number of aromatic hydroxyl groups is 1. The van der Waals surface area contributed by atoms with E-state index in [0.717, 1.165) is 12.8 Å². The first-order valence-electron chi connectivity index (χ1n) is 6.31. The summed E-state index contributed by atoms with van der Waals surface area (Å²) in [6, 6.07) is 5.24. The summed E-state index contributed by atoms with van der Waals surface area (Å²) in [5, 5.41) is 19.1. The highest BCUT2D eigenvalue weighted by Gasteiger charge is 2.25. The molecule has 1 aromatic rings. The summed E-state index contributed by atoms with van der Waals surface area (Å²) in [5.74, 6) is 0.581. The monoisotopic (exact) mass is 344 g/mol. The fraction of sp³-hybridized carbons (Fsp3) is 0.500. The number of nitrogens with two attached hydrogens (primary N) is 1. The number of phenolic OH excluding ortho intramolecular Hbond substituents is 1. The number of rotatable bonds is 2. The average Bonchev–Trinajstić information content (AvgIpc) is 2.42. The Bertz CT molecular complexity index is 481. The summed E-state index contributed by atoms with van der Waals surface area (Å²) in [6.07, 6.45) is 5.90. The third-order valence-corrected chi connectivity index (χ3v) is 4.34. The molecule has 0 aromatic heterocycles. The molecule has 104 valence electrons. The summed E-state index contributed by atoms with van der Waals surface area (Å²) in [6.45, 7) is 0. The Balaban J connectivity index is 0.00000180. The molecule has 19 heavy (non-hydrogen) atoms. The van der Waals surface area contributed by atoms with Crippen LogP contribution in [0.1, 0.15) is 49.3 Å². The summed E-state index contributed by atoms with van der Waals surface area (Å²) in [4.78, 5) is 0. The van der Waals surface area contributed by atoms with Crippen LogP contribution in [-0.2, 0) is 0 Å². The second kappa shape index (κ2) is 7.14. The van der Waals surface area contributed by atoms with Crippen LogP contribution in [0, 0.1) is 17.2 Å². The summed E-state index contributed by atoms with van der Waals surface area (Å²) < 4.78 is 0.544.